The van der Waals surface area contributed by atoms with Gasteiger partial charge in [-0.15, -0.1) is 0 Å². The van der Waals surface area contributed by atoms with Crippen LogP contribution in [0.25, 0.3) is 10.9 Å². The number of fused-ring (bicyclic) bond motifs is 1. The van der Waals surface area contributed by atoms with E-state index in [2.05, 4.69) is 11.9 Å². The summed E-state index contributed by atoms with van der Waals surface area (Å²) >= 11 is 6.03. The summed E-state index contributed by atoms with van der Waals surface area (Å²) in [7, 11) is 0. The van der Waals surface area contributed by atoms with Crippen LogP contribution in [0.3, 0.4) is 0 Å². The van der Waals surface area contributed by atoms with Crippen LogP contribution in [-0.4, -0.2) is 4.98 Å². The molecule has 0 saturated heterocycles. The summed E-state index contributed by atoms with van der Waals surface area (Å²) < 4.78 is 0. The molecule has 61 valence electrons. The standard InChI is InChI=1S/C10H9ClN/c1-2-7-6-12-9-5-3-4-8(11)10(7)9/h3-6,12H,1-2H2. The van der Waals surface area contributed by atoms with Gasteiger partial charge in [-0.05, 0) is 31.0 Å². The smallest absolute Gasteiger partial charge is 0.0502 e. The average Bonchev–Trinajstić information content (AvgIpc) is 2.49. The summed E-state index contributed by atoms with van der Waals surface area (Å²) in [5, 5.41) is 1.90. The number of hydrogen-bond acceptors (Lipinski definition) is 0. The van der Waals surface area contributed by atoms with E-state index in [0.29, 0.717) is 0 Å². The van der Waals surface area contributed by atoms with Crippen molar-refractivity contribution in [1.29, 1.82) is 0 Å². The van der Waals surface area contributed by atoms with E-state index in [0.717, 1.165) is 22.3 Å². The molecule has 0 amide bonds. The Balaban J connectivity index is 2.83. The highest BCUT2D eigenvalue weighted by Gasteiger charge is 2.04. The van der Waals surface area contributed by atoms with E-state index >= 15 is 0 Å². The average molecular weight is 179 g/mol. The Labute approximate surface area is 76.4 Å². The summed E-state index contributed by atoms with van der Waals surface area (Å²) in [6, 6.07) is 5.85. The maximum atomic E-state index is 6.03. The van der Waals surface area contributed by atoms with Gasteiger partial charge in [0, 0.05) is 17.1 Å². The molecule has 1 aromatic carbocycles. The van der Waals surface area contributed by atoms with E-state index in [4.69, 9.17) is 11.6 Å². The molecule has 1 heterocycles. The summed E-state index contributed by atoms with van der Waals surface area (Å²) in [5.74, 6) is 0. The van der Waals surface area contributed by atoms with Gasteiger partial charge >= 0.3 is 0 Å². The van der Waals surface area contributed by atoms with Crippen molar-refractivity contribution in [1.82, 2.24) is 4.98 Å². The van der Waals surface area contributed by atoms with Crippen molar-refractivity contribution in [2.24, 2.45) is 0 Å². The second-order valence-corrected chi connectivity index (χ2v) is 3.13. The van der Waals surface area contributed by atoms with Gasteiger partial charge in [-0.1, -0.05) is 17.7 Å². The summed E-state index contributed by atoms with van der Waals surface area (Å²) in [6.07, 6.45) is 2.73. The first-order chi connectivity index (χ1) is 5.83. The molecule has 0 aliphatic heterocycles. The number of halogens is 1. The molecule has 12 heavy (non-hydrogen) atoms. The molecule has 0 aliphatic rings. The molecule has 0 spiro atoms. The highest BCUT2D eigenvalue weighted by Crippen LogP contribution is 2.26. The van der Waals surface area contributed by atoms with E-state index in [9.17, 15) is 0 Å². The third-order valence-electron chi connectivity index (χ3n) is 2.01. The molecule has 0 atom stereocenters. The second-order valence-electron chi connectivity index (χ2n) is 2.73. The Morgan fingerprint density at radius 3 is 3.00 bits per heavy atom. The SMILES string of the molecule is [CH2]Cc1c[nH]c2cccc(Cl)c12. The first-order valence-electron chi connectivity index (χ1n) is 3.86. The highest BCUT2D eigenvalue weighted by atomic mass is 35.5. The minimum Gasteiger partial charge on any atom is -0.361 e. The number of rotatable bonds is 1. The van der Waals surface area contributed by atoms with Crippen LogP contribution in [0.15, 0.2) is 24.4 Å². The van der Waals surface area contributed by atoms with E-state index in [1.165, 1.54) is 5.56 Å². The van der Waals surface area contributed by atoms with Crippen molar-refractivity contribution >= 4 is 22.5 Å². The van der Waals surface area contributed by atoms with Crippen molar-refractivity contribution in [2.45, 2.75) is 6.42 Å². The monoisotopic (exact) mass is 178 g/mol. The summed E-state index contributed by atoms with van der Waals surface area (Å²) in [4.78, 5) is 3.16. The lowest BCUT2D eigenvalue weighted by molar-refractivity contribution is 1.29. The molecule has 2 rings (SSSR count). The zero-order valence-corrected chi connectivity index (χ0v) is 7.36. The van der Waals surface area contributed by atoms with E-state index in [1.54, 1.807) is 0 Å². The van der Waals surface area contributed by atoms with Gasteiger partial charge in [-0.3, -0.25) is 0 Å². The summed E-state index contributed by atoms with van der Waals surface area (Å²) in [5.41, 5.74) is 2.26. The quantitative estimate of drug-likeness (QED) is 0.691. The van der Waals surface area contributed by atoms with Crippen LogP contribution < -0.4 is 0 Å². The second kappa shape index (κ2) is 2.83. The Morgan fingerprint density at radius 1 is 1.42 bits per heavy atom. The van der Waals surface area contributed by atoms with E-state index in [-0.39, 0.29) is 0 Å². The molecule has 1 N–H and O–H groups in total. The van der Waals surface area contributed by atoms with Gasteiger partial charge in [0.15, 0.2) is 0 Å². The zero-order chi connectivity index (χ0) is 8.55. The fraction of sp³-hybridized carbons (Fsp3) is 0.100. The van der Waals surface area contributed by atoms with Crippen LogP contribution in [0.1, 0.15) is 5.56 Å². The maximum Gasteiger partial charge on any atom is 0.0502 e. The maximum absolute atomic E-state index is 6.03. The van der Waals surface area contributed by atoms with Crippen molar-refractivity contribution in [3.63, 3.8) is 0 Å². The van der Waals surface area contributed by atoms with Gasteiger partial charge in [0.05, 0.1) is 5.02 Å². The molecule has 1 radical (unpaired) electrons. The molecule has 1 aromatic heterocycles. The number of nitrogens with one attached hydrogen (secondary N) is 1. The number of H-pyrrole nitrogens is 1. The third-order valence-corrected chi connectivity index (χ3v) is 2.32. The van der Waals surface area contributed by atoms with E-state index < -0.39 is 0 Å². The summed E-state index contributed by atoms with van der Waals surface area (Å²) in [6.45, 7) is 3.84. The van der Waals surface area contributed by atoms with Crippen LogP contribution in [0.4, 0.5) is 0 Å². The fourth-order valence-corrected chi connectivity index (χ4v) is 1.70. The number of aromatic amines is 1. The van der Waals surface area contributed by atoms with Crippen LogP contribution in [0.2, 0.25) is 5.02 Å². The first-order valence-corrected chi connectivity index (χ1v) is 4.24. The molecular formula is C10H9ClN. The fourth-order valence-electron chi connectivity index (χ4n) is 1.40. The topological polar surface area (TPSA) is 15.8 Å². The van der Waals surface area contributed by atoms with Crippen molar-refractivity contribution in [3.05, 3.63) is 41.9 Å². The Kier molecular flexibility index (Phi) is 1.81. The zero-order valence-electron chi connectivity index (χ0n) is 6.60. The number of benzene rings is 1. The molecule has 0 bridgehead atoms. The lowest BCUT2D eigenvalue weighted by atomic mass is 10.1. The van der Waals surface area contributed by atoms with Crippen LogP contribution in [0.5, 0.6) is 0 Å². The lowest BCUT2D eigenvalue weighted by Gasteiger charge is -1.95. The molecule has 2 aromatic rings. The molecule has 2 heteroatoms. The third kappa shape index (κ3) is 1.01. The van der Waals surface area contributed by atoms with Crippen molar-refractivity contribution in [2.75, 3.05) is 0 Å². The molecular weight excluding hydrogens is 170 g/mol. The molecule has 0 aliphatic carbocycles. The van der Waals surface area contributed by atoms with Gasteiger partial charge < -0.3 is 4.98 Å². The molecule has 0 unspecified atom stereocenters. The predicted octanol–water partition coefficient (Wildman–Crippen LogP) is 3.20. The Morgan fingerprint density at radius 2 is 2.25 bits per heavy atom. The normalized spacial score (nSPS) is 10.8. The van der Waals surface area contributed by atoms with Gasteiger partial charge in [-0.25, -0.2) is 0 Å². The van der Waals surface area contributed by atoms with Crippen LogP contribution in [-0.2, 0) is 6.42 Å². The van der Waals surface area contributed by atoms with Gasteiger partial charge in [0.1, 0.15) is 0 Å². The van der Waals surface area contributed by atoms with E-state index in [1.807, 2.05) is 24.4 Å². The lowest BCUT2D eigenvalue weighted by Crippen LogP contribution is -1.76. The number of aromatic nitrogens is 1. The van der Waals surface area contributed by atoms with Gasteiger partial charge in [0.25, 0.3) is 0 Å². The van der Waals surface area contributed by atoms with Crippen molar-refractivity contribution < 1.29 is 0 Å². The van der Waals surface area contributed by atoms with Crippen molar-refractivity contribution in [3.8, 4) is 0 Å². The first kappa shape index (κ1) is 7.69. The van der Waals surface area contributed by atoms with Gasteiger partial charge in [-0.2, -0.15) is 0 Å². The largest absolute Gasteiger partial charge is 0.361 e. The van der Waals surface area contributed by atoms with Crippen LogP contribution in [0, 0.1) is 6.92 Å². The van der Waals surface area contributed by atoms with Gasteiger partial charge in [0.2, 0.25) is 0 Å². The minimum absolute atomic E-state index is 0.768. The van der Waals surface area contributed by atoms with Crippen LogP contribution >= 0.6 is 11.6 Å². The predicted molar refractivity (Wildman–Crippen MR) is 52.4 cm³/mol. The molecule has 0 saturated carbocycles. The Bertz CT molecular complexity index is 403. The highest BCUT2D eigenvalue weighted by molar-refractivity contribution is 6.35. The molecule has 0 fully saturated rings. The molecule has 1 nitrogen and oxygen atoms in total. The number of hydrogen-bond donors (Lipinski definition) is 1. The minimum atomic E-state index is 0.768. The Hall–Kier alpha value is -0.950.